The molecular weight excluding hydrogens is 207 g/mol. The van der Waals surface area contributed by atoms with Crippen molar-refractivity contribution in [3.8, 4) is 0 Å². The molecule has 2 heterocycles. The summed E-state index contributed by atoms with van der Waals surface area (Å²) in [7, 11) is 1.89. The monoisotopic (exact) mass is 224 g/mol. The zero-order valence-corrected chi connectivity index (χ0v) is 9.70. The molecular formula is C11H17FN4. The summed E-state index contributed by atoms with van der Waals surface area (Å²) < 4.78 is 13.8. The number of halogens is 1. The van der Waals surface area contributed by atoms with Crippen LogP contribution in [0.5, 0.6) is 0 Å². The van der Waals surface area contributed by atoms with Crippen LogP contribution < -0.4 is 10.2 Å². The Labute approximate surface area is 94.9 Å². The van der Waals surface area contributed by atoms with Crippen molar-refractivity contribution < 1.29 is 4.39 Å². The summed E-state index contributed by atoms with van der Waals surface area (Å²) >= 11 is 0. The molecule has 1 N–H and O–H groups in total. The van der Waals surface area contributed by atoms with Crippen LogP contribution in [0.1, 0.15) is 18.5 Å². The third kappa shape index (κ3) is 2.14. The van der Waals surface area contributed by atoms with Gasteiger partial charge in [-0.2, -0.15) is 0 Å². The molecule has 0 saturated carbocycles. The standard InChI is InChI=1S/C11H17FN4/c1-8-10(12)11(15-7-14-8)16(2)9-4-3-5-13-6-9/h7,9,13H,3-6H2,1-2H3. The number of likely N-dealkylation sites (N-methyl/N-ethyl adjacent to an activating group) is 1. The number of nitrogens with one attached hydrogen (secondary N) is 1. The van der Waals surface area contributed by atoms with Crippen molar-refractivity contribution in [3.63, 3.8) is 0 Å². The lowest BCUT2D eigenvalue weighted by Crippen LogP contribution is -2.45. The van der Waals surface area contributed by atoms with Gasteiger partial charge in [-0.1, -0.05) is 0 Å². The molecule has 88 valence electrons. The van der Waals surface area contributed by atoms with Gasteiger partial charge in [0, 0.05) is 19.6 Å². The lowest BCUT2D eigenvalue weighted by Gasteiger charge is -2.32. The van der Waals surface area contributed by atoms with E-state index in [4.69, 9.17) is 0 Å². The van der Waals surface area contributed by atoms with Crippen LogP contribution in [0.25, 0.3) is 0 Å². The van der Waals surface area contributed by atoms with E-state index in [2.05, 4.69) is 15.3 Å². The van der Waals surface area contributed by atoms with Gasteiger partial charge < -0.3 is 10.2 Å². The minimum Gasteiger partial charge on any atom is -0.353 e. The zero-order valence-electron chi connectivity index (χ0n) is 9.70. The fourth-order valence-corrected chi connectivity index (χ4v) is 2.03. The van der Waals surface area contributed by atoms with E-state index in [0.29, 0.717) is 17.6 Å². The largest absolute Gasteiger partial charge is 0.353 e. The summed E-state index contributed by atoms with van der Waals surface area (Å²) in [5.41, 5.74) is 0.403. The number of aromatic nitrogens is 2. The van der Waals surface area contributed by atoms with Crippen molar-refractivity contribution in [1.29, 1.82) is 0 Å². The Hall–Kier alpha value is -1.23. The number of piperidine rings is 1. The van der Waals surface area contributed by atoms with Gasteiger partial charge in [-0.3, -0.25) is 0 Å². The van der Waals surface area contributed by atoms with Crippen molar-refractivity contribution in [2.24, 2.45) is 0 Å². The molecule has 0 amide bonds. The summed E-state index contributed by atoms with van der Waals surface area (Å²) in [6, 6.07) is 0.317. The Morgan fingerprint density at radius 3 is 3.00 bits per heavy atom. The smallest absolute Gasteiger partial charge is 0.186 e. The Balaban J connectivity index is 2.19. The first kappa shape index (κ1) is 11.3. The maximum absolute atomic E-state index is 13.8. The third-order valence-corrected chi connectivity index (χ3v) is 3.10. The summed E-state index contributed by atoms with van der Waals surface area (Å²) in [6.45, 7) is 3.60. The molecule has 0 spiro atoms. The van der Waals surface area contributed by atoms with E-state index in [1.165, 1.54) is 6.33 Å². The molecule has 0 aromatic carbocycles. The highest BCUT2D eigenvalue weighted by Gasteiger charge is 2.22. The van der Waals surface area contributed by atoms with Crippen LogP contribution in [0.4, 0.5) is 10.2 Å². The Morgan fingerprint density at radius 1 is 1.50 bits per heavy atom. The maximum atomic E-state index is 13.8. The number of hydrogen-bond acceptors (Lipinski definition) is 4. The van der Waals surface area contributed by atoms with Crippen molar-refractivity contribution in [1.82, 2.24) is 15.3 Å². The van der Waals surface area contributed by atoms with E-state index in [9.17, 15) is 4.39 Å². The van der Waals surface area contributed by atoms with Gasteiger partial charge in [-0.05, 0) is 26.3 Å². The number of rotatable bonds is 2. The molecule has 0 radical (unpaired) electrons. The molecule has 5 heteroatoms. The summed E-state index contributed by atoms with van der Waals surface area (Å²) in [6.07, 6.45) is 3.62. The molecule has 1 aliphatic rings. The van der Waals surface area contributed by atoms with Crippen molar-refractivity contribution in [2.75, 3.05) is 25.0 Å². The van der Waals surface area contributed by atoms with Crippen LogP contribution in [-0.2, 0) is 0 Å². The molecule has 1 atom stereocenters. The van der Waals surface area contributed by atoms with Crippen LogP contribution in [0.2, 0.25) is 0 Å². The first-order valence-corrected chi connectivity index (χ1v) is 5.61. The Bertz CT molecular complexity index is 363. The average molecular weight is 224 g/mol. The molecule has 1 saturated heterocycles. The minimum absolute atomic E-state index is 0.310. The van der Waals surface area contributed by atoms with Gasteiger partial charge in [-0.15, -0.1) is 0 Å². The fourth-order valence-electron chi connectivity index (χ4n) is 2.03. The third-order valence-electron chi connectivity index (χ3n) is 3.10. The molecule has 16 heavy (non-hydrogen) atoms. The van der Waals surface area contributed by atoms with Gasteiger partial charge in [0.05, 0.1) is 5.69 Å². The Kier molecular flexibility index (Phi) is 3.33. The quantitative estimate of drug-likeness (QED) is 0.817. The molecule has 1 aromatic rings. The minimum atomic E-state index is -0.310. The first-order chi connectivity index (χ1) is 7.70. The van der Waals surface area contributed by atoms with Crippen LogP contribution in [-0.4, -0.2) is 36.1 Å². The molecule has 1 fully saturated rings. The van der Waals surface area contributed by atoms with Gasteiger partial charge in [0.2, 0.25) is 0 Å². The van der Waals surface area contributed by atoms with Gasteiger partial charge in [-0.25, -0.2) is 14.4 Å². The van der Waals surface area contributed by atoms with Gasteiger partial charge >= 0.3 is 0 Å². The number of anilines is 1. The van der Waals surface area contributed by atoms with E-state index in [0.717, 1.165) is 25.9 Å². The van der Waals surface area contributed by atoms with Gasteiger partial charge in [0.25, 0.3) is 0 Å². The second kappa shape index (κ2) is 4.74. The lowest BCUT2D eigenvalue weighted by atomic mass is 10.1. The highest BCUT2D eigenvalue weighted by molar-refractivity contribution is 5.41. The molecule has 1 unspecified atom stereocenters. The highest BCUT2D eigenvalue weighted by atomic mass is 19.1. The zero-order chi connectivity index (χ0) is 11.5. The lowest BCUT2D eigenvalue weighted by molar-refractivity contribution is 0.438. The first-order valence-electron chi connectivity index (χ1n) is 5.61. The summed E-state index contributed by atoms with van der Waals surface area (Å²) in [4.78, 5) is 9.78. The van der Waals surface area contributed by atoms with Crippen LogP contribution in [0.15, 0.2) is 6.33 Å². The van der Waals surface area contributed by atoms with Crippen molar-refractivity contribution in [2.45, 2.75) is 25.8 Å². The molecule has 0 aliphatic carbocycles. The van der Waals surface area contributed by atoms with E-state index < -0.39 is 0 Å². The SMILES string of the molecule is Cc1ncnc(N(C)C2CCCNC2)c1F. The number of hydrogen-bond donors (Lipinski definition) is 1. The van der Waals surface area contributed by atoms with E-state index in [-0.39, 0.29) is 5.82 Å². The molecule has 1 aliphatic heterocycles. The predicted molar refractivity (Wildman–Crippen MR) is 61.0 cm³/mol. The molecule has 1 aromatic heterocycles. The van der Waals surface area contributed by atoms with Crippen molar-refractivity contribution >= 4 is 5.82 Å². The second-order valence-corrected chi connectivity index (χ2v) is 4.21. The number of nitrogens with zero attached hydrogens (tertiary/aromatic N) is 3. The maximum Gasteiger partial charge on any atom is 0.186 e. The Morgan fingerprint density at radius 2 is 2.31 bits per heavy atom. The van der Waals surface area contributed by atoms with E-state index in [1.807, 2.05) is 11.9 Å². The summed E-state index contributed by atoms with van der Waals surface area (Å²) in [5, 5.41) is 3.31. The normalized spacial score (nSPS) is 20.8. The van der Waals surface area contributed by atoms with Crippen LogP contribution in [0.3, 0.4) is 0 Å². The molecule has 2 rings (SSSR count). The van der Waals surface area contributed by atoms with Crippen molar-refractivity contribution in [3.05, 3.63) is 17.8 Å². The topological polar surface area (TPSA) is 41.1 Å². The molecule has 0 bridgehead atoms. The van der Waals surface area contributed by atoms with E-state index in [1.54, 1.807) is 6.92 Å². The van der Waals surface area contributed by atoms with E-state index >= 15 is 0 Å². The van der Waals surface area contributed by atoms with Crippen LogP contribution in [0, 0.1) is 12.7 Å². The second-order valence-electron chi connectivity index (χ2n) is 4.21. The van der Waals surface area contributed by atoms with Gasteiger partial charge in [0.1, 0.15) is 6.33 Å². The van der Waals surface area contributed by atoms with Crippen LogP contribution >= 0.6 is 0 Å². The summed E-state index contributed by atoms with van der Waals surface area (Å²) in [5.74, 6) is 0.0942. The highest BCUT2D eigenvalue weighted by Crippen LogP contribution is 2.20. The molecule has 4 nitrogen and oxygen atoms in total. The fraction of sp³-hybridized carbons (Fsp3) is 0.636. The predicted octanol–water partition coefficient (Wildman–Crippen LogP) is 1.11. The average Bonchev–Trinajstić information content (AvgIpc) is 2.33. The number of aryl methyl sites for hydroxylation is 1. The van der Waals surface area contributed by atoms with Gasteiger partial charge in [0.15, 0.2) is 11.6 Å².